The molecule has 9 heteroatoms. The molecular formula is C28H42N8O. The molecule has 200 valence electrons. The van der Waals surface area contributed by atoms with Crippen molar-refractivity contribution in [3.63, 3.8) is 0 Å². The van der Waals surface area contributed by atoms with Gasteiger partial charge in [-0.15, -0.1) is 0 Å². The van der Waals surface area contributed by atoms with Gasteiger partial charge >= 0.3 is 0 Å². The molecule has 2 saturated carbocycles. The van der Waals surface area contributed by atoms with E-state index in [4.69, 9.17) is 10.5 Å². The van der Waals surface area contributed by atoms with Crippen LogP contribution in [-0.2, 0) is 13.1 Å². The van der Waals surface area contributed by atoms with Gasteiger partial charge in [-0.1, -0.05) is 18.6 Å². The molecule has 0 unspecified atom stereocenters. The molecule has 1 aromatic carbocycles. The summed E-state index contributed by atoms with van der Waals surface area (Å²) in [5, 5.41) is 11.4. The Morgan fingerprint density at radius 1 is 1.16 bits per heavy atom. The molecule has 3 fully saturated rings. The number of ether oxygens (including phenoxy) is 1. The van der Waals surface area contributed by atoms with E-state index in [-0.39, 0.29) is 5.95 Å². The van der Waals surface area contributed by atoms with E-state index < -0.39 is 0 Å². The second-order valence-electron chi connectivity index (χ2n) is 11.3. The molecule has 1 aliphatic heterocycles. The molecule has 3 aliphatic rings. The number of nitrogens with one attached hydrogen (secondary N) is 2. The number of hydrogen-bond acceptors (Lipinski definition) is 8. The van der Waals surface area contributed by atoms with E-state index in [2.05, 4.69) is 62.9 Å². The molecule has 3 heterocycles. The van der Waals surface area contributed by atoms with Crippen LogP contribution in [0.2, 0.25) is 0 Å². The summed E-state index contributed by atoms with van der Waals surface area (Å²) in [6.45, 7) is 4.86. The van der Waals surface area contributed by atoms with Gasteiger partial charge in [-0.3, -0.25) is 4.68 Å². The topological polar surface area (TPSA) is 106 Å². The number of anilines is 2. The molecule has 6 rings (SSSR count). The first-order valence-electron chi connectivity index (χ1n) is 13.7. The van der Waals surface area contributed by atoms with Crippen molar-refractivity contribution in [1.29, 1.82) is 0 Å². The molecule has 4 N–H and O–H groups in total. The normalized spacial score (nSPS) is 18.4. The maximum absolute atomic E-state index is 5.99. The summed E-state index contributed by atoms with van der Waals surface area (Å²) in [4.78, 5) is 11.1. The van der Waals surface area contributed by atoms with Gasteiger partial charge in [0.2, 0.25) is 5.95 Å². The zero-order valence-corrected chi connectivity index (χ0v) is 22.6. The summed E-state index contributed by atoms with van der Waals surface area (Å²) in [6, 6.07) is 6.36. The fourth-order valence-electron chi connectivity index (χ4n) is 6.06. The Morgan fingerprint density at radius 3 is 2.57 bits per heavy atom. The number of nitrogens with zero attached hydrogens (tertiary/aromatic N) is 5. The minimum Gasteiger partial charge on any atom is -0.496 e. The van der Waals surface area contributed by atoms with Gasteiger partial charge in [-0.25, -0.2) is 4.98 Å². The first kappa shape index (κ1) is 25.7. The third-order valence-electron chi connectivity index (χ3n) is 8.05. The third kappa shape index (κ3) is 5.99. The van der Waals surface area contributed by atoms with Crippen molar-refractivity contribution in [2.45, 2.75) is 58.0 Å². The van der Waals surface area contributed by atoms with Crippen molar-refractivity contribution in [2.75, 3.05) is 51.9 Å². The highest BCUT2D eigenvalue weighted by molar-refractivity contribution is 5.86. The number of nitrogen functional groups attached to an aromatic ring is 1. The lowest BCUT2D eigenvalue weighted by molar-refractivity contribution is -0.0185. The van der Waals surface area contributed by atoms with Crippen LogP contribution in [0.4, 0.5) is 11.8 Å². The van der Waals surface area contributed by atoms with E-state index in [1.807, 2.05) is 4.68 Å². The van der Waals surface area contributed by atoms with E-state index in [9.17, 15) is 0 Å². The molecule has 1 saturated heterocycles. The lowest BCUT2D eigenvalue weighted by Gasteiger charge is -2.54. The van der Waals surface area contributed by atoms with Crippen LogP contribution in [0.5, 0.6) is 5.75 Å². The van der Waals surface area contributed by atoms with E-state index in [1.165, 1.54) is 63.6 Å². The molecule has 1 spiro atoms. The molecule has 37 heavy (non-hydrogen) atoms. The molecule has 0 radical (unpaired) electrons. The quantitative estimate of drug-likeness (QED) is 0.423. The van der Waals surface area contributed by atoms with Crippen LogP contribution >= 0.6 is 0 Å². The summed E-state index contributed by atoms with van der Waals surface area (Å²) in [5.41, 5.74) is 10.6. The Hall–Kier alpha value is -2.91. The predicted octanol–water partition coefficient (Wildman–Crippen LogP) is 3.89. The zero-order chi connectivity index (χ0) is 25.8. The Labute approximate surface area is 220 Å². The number of benzene rings is 1. The highest BCUT2D eigenvalue weighted by Crippen LogP contribution is 2.58. The Bertz CT molecular complexity index is 1180. The molecule has 2 aliphatic carbocycles. The minimum atomic E-state index is 0.272. The van der Waals surface area contributed by atoms with Crippen LogP contribution in [0.25, 0.3) is 11.0 Å². The van der Waals surface area contributed by atoms with Crippen molar-refractivity contribution >= 4 is 22.8 Å². The van der Waals surface area contributed by atoms with Crippen molar-refractivity contribution in [1.82, 2.24) is 30.0 Å². The van der Waals surface area contributed by atoms with Crippen LogP contribution in [0, 0.1) is 11.3 Å². The Balaban J connectivity index is 0.000000503. The average Bonchev–Trinajstić information content (AvgIpc) is 3.51. The number of hydrogen-bond donors (Lipinski definition) is 3. The van der Waals surface area contributed by atoms with Gasteiger partial charge in [-0.05, 0) is 88.7 Å². The Kier molecular flexibility index (Phi) is 7.81. The number of fused-ring (bicyclic) bond motifs is 1. The van der Waals surface area contributed by atoms with Gasteiger partial charge in [0.1, 0.15) is 16.8 Å². The van der Waals surface area contributed by atoms with Crippen LogP contribution in [0.3, 0.4) is 0 Å². The number of methoxy groups -OCH3 is 1. The smallest absolute Gasteiger partial charge is 0.222 e. The van der Waals surface area contributed by atoms with E-state index in [0.717, 1.165) is 41.3 Å². The molecule has 3 aromatic rings. The van der Waals surface area contributed by atoms with Gasteiger partial charge in [0.05, 0.1) is 19.9 Å². The summed E-state index contributed by atoms with van der Waals surface area (Å²) < 4.78 is 7.63. The Morgan fingerprint density at radius 2 is 1.95 bits per heavy atom. The lowest BCUT2D eigenvalue weighted by atomic mass is 9.52. The predicted molar refractivity (Wildman–Crippen MR) is 149 cm³/mol. The average molecular weight is 507 g/mol. The summed E-state index contributed by atoms with van der Waals surface area (Å²) in [5.74, 6) is 2.61. The molecule has 0 bridgehead atoms. The van der Waals surface area contributed by atoms with Gasteiger partial charge in [-0.2, -0.15) is 10.1 Å². The maximum atomic E-state index is 5.99. The van der Waals surface area contributed by atoms with Crippen LogP contribution in [-0.4, -0.2) is 65.5 Å². The second-order valence-corrected chi connectivity index (χ2v) is 11.3. The van der Waals surface area contributed by atoms with Crippen molar-refractivity contribution < 1.29 is 4.74 Å². The molecule has 0 atom stereocenters. The van der Waals surface area contributed by atoms with Crippen molar-refractivity contribution in [2.24, 2.45) is 11.3 Å². The first-order chi connectivity index (χ1) is 17.9. The number of aromatic nitrogens is 4. The zero-order valence-electron chi connectivity index (χ0n) is 22.6. The minimum absolute atomic E-state index is 0.272. The third-order valence-corrected chi connectivity index (χ3v) is 8.05. The first-order valence-corrected chi connectivity index (χ1v) is 13.7. The van der Waals surface area contributed by atoms with Gasteiger partial charge in [0.25, 0.3) is 0 Å². The SMILES string of the molecule is C1CCNC1.COc1cc(CN(C)C)ccc1Cn1ncc2nc(N)nc(NCC3CC4(CCC4)C3)c21. The summed E-state index contributed by atoms with van der Waals surface area (Å²) in [6.07, 6.45) is 11.4. The maximum Gasteiger partial charge on any atom is 0.222 e. The highest BCUT2D eigenvalue weighted by Gasteiger charge is 2.47. The second kappa shape index (κ2) is 11.2. The van der Waals surface area contributed by atoms with Crippen LogP contribution in [0.15, 0.2) is 24.4 Å². The largest absolute Gasteiger partial charge is 0.496 e. The van der Waals surface area contributed by atoms with E-state index in [1.54, 1.807) is 13.3 Å². The standard InChI is InChI=1S/C24H33N7O.C4H9N/c1-30(2)14-16-5-6-18(20(9-16)32-3)15-31-21-19(13-27-31)28-23(25)29-22(21)26-12-17-10-24(11-17)7-4-8-24;1-2-4-5-3-1/h5-6,9,13,17H,4,7-8,10-12,14-15H2,1-3H3,(H3,25,26,28,29);5H,1-4H2. The monoisotopic (exact) mass is 506 g/mol. The van der Waals surface area contributed by atoms with Gasteiger partial charge < -0.3 is 26.0 Å². The molecule has 2 aromatic heterocycles. The van der Waals surface area contributed by atoms with Gasteiger partial charge in [0, 0.05) is 18.7 Å². The van der Waals surface area contributed by atoms with E-state index >= 15 is 0 Å². The lowest BCUT2D eigenvalue weighted by Crippen LogP contribution is -2.45. The van der Waals surface area contributed by atoms with Crippen molar-refractivity contribution in [3.8, 4) is 5.75 Å². The van der Waals surface area contributed by atoms with E-state index in [0.29, 0.717) is 17.9 Å². The molecule has 9 nitrogen and oxygen atoms in total. The van der Waals surface area contributed by atoms with Crippen LogP contribution < -0.4 is 21.1 Å². The van der Waals surface area contributed by atoms with Crippen LogP contribution in [0.1, 0.15) is 56.1 Å². The van der Waals surface area contributed by atoms with Crippen molar-refractivity contribution in [3.05, 3.63) is 35.5 Å². The fraction of sp³-hybridized carbons (Fsp3) is 0.607. The fourth-order valence-corrected chi connectivity index (χ4v) is 6.06. The number of rotatable bonds is 8. The summed E-state index contributed by atoms with van der Waals surface area (Å²) >= 11 is 0. The van der Waals surface area contributed by atoms with Gasteiger partial charge in [0.15, 0.2) is 5.82 Å². The highest BCUT2D eigenvalue weighted by atomic mass is 16.5. The summed E-state index contributed by atoms with van der Waals surface area (Å²) in [7, 11) is 5.84. The molecule has 0 amide bonds. The number of nitrogens with two attached hydrogens (primary N) is 1. The molecular weight excluding hydrogens is 464 g/mol.